The number of benzene rings is 1. The maximum Gasteiger partial charge on any atom is 0.308 e. The Morgan fingerprint density at radius 2 is 2.08 bits per heavy atom. The molecule has 5 nitrogen and oxygen atoms in total. The van der Waals surface area contributed by atoms with E-state index in [0.717, 1.165) is 42.9 Å². The van der Waals surface area contributed by atoms with E-state index in [4.69, 9.17) is 11.6 Å². The van der Waals surface area contributed by atoms with Crippen LogP contribution in [0.2, 0.25) is 5.02 Å². The van der Waals surface area contributed by atoms with E-state index < -0.39 is 5.97 Å². The van der Waals surface area contributed by atoms with Gasteiger partial charge in [0.1, 0.15) is 5.82 Å². The standard InChI is InChI=1S/C18H20ClN3O2/c1-2-15-10-16(22-9-3-4-13(11-22)18(23)24)21-17(20-15)12-5-7-14(19)8-6-12/h5-8,10,13H,2-4,9,11H2,1H3,(H,23,24). The van der Waals surface area contributed by atoms with E-state index in [0.29, 0.717) is 17.4 Å². The SMILES string of the molecule is CCc1cc(N2CCCC(C(=O)O)C2)nc(-c2ccc(Cl)cc2)n1. The molecular formula is C18H20ClN3O2. The van der Waals surface area contributed by atoms with Gasteiger partial charge in [0.2, 0.25) is 0 Å². The number of carbonyl (C=O) groups is 1. The average molecular weight is 346 g/mol. The molecule has 1 aliphatic heterocycles. The lowest BCUT2D eigenvalue weighted by atomic mass is 9.98. The van der Waals surface area contributed by atoms with E-state index in [1.54, 1.807) is 0 Å². The fourth-order valence-electron chi connectivity index (χ4n) is 2.94. The highest BCUT2D eigenvalue weighted by molar-refractivity contribution is 6.30. The van der Waals surface area contributed by atoms with Gasteiger partial charge in [-0.15, -0.1) is 0 Å². The lowest BCUT2D eigenvalue weighted by Crippen LogP contribution is -2.39. The van der Waals surface area contributed by atoms with Gasteiger partial charge in [0.05, 0.1) is 5.92 Å². The van der Waals surface area contributed by atoms with Crippen molar-refractivity contribution in [3.63, 3.8) is 0 Å². The zero-order chi connectivity index (χ0) is 17.1. The number of hydrogen-bond acceptors (Lipinski definition) is 4. The molecule has 1 aliphatic rings. The first-order valence-corrected chi connectivity index (χ1v) is 8.56. The number of piperidine rings is 1. The maximum absolute atomic E-state index is 11.3. The Morgan fingerprint density at radius 1 is 1.33 bits per heavy atom. The number of rotatable bonds is 4. The molecule has 2 aromatic rings. The minimum Gasteiger partial charge on any atom is -0.481 e. The highest BCUT2D eigenvalue weighted by Gasteiger charge is 2.26. The van der Waals surface area contributed by atoms with Gasteiger partial charge in [0.15, 0.2) is 5.82 Å². The number of anilines is 1. The highest BCUT2D eigenvalue weighted by atomic mass is 35.5. The summed E-state index contributed by atoms with van der Waals surface area (Å²) in [5.74, 6) is 0.386. The molecule has 126 valence electrons. The number of hydrogen-bond donors (Lipinski definition) is 1. The molecule has 1 aromatic carbocycles. The van der Waals surface area contributed by atoms with Crippen LogP contribution < -0.4 is 4.90 Å². The van der Waals surface area contributed by atoms with Crippen LogP contribution >= 0.6 is 11.6 Å². The number of nitrogens with zero attached hydrogens (tertiary/aromatic N) is 3. The first-order chi connectivity index (χ1) is 11.6. The molecule has 0 saturated carbocycles. The molecule has 3 rings (SSSR count). The molecule has 0 bridgehead atoms. The van der Waals surface area contributed by atoms with Crippen LogP contribution in [0.5, 0.6) is 0 Å². The average Bonchev–Trinajstić information content (AvgIpc) is 2.62. The van der Waals surface area contributed by atoms with E-state index in [1.165, 1.54) is 0 Å². The zero-order valence-corrected chi connectivity index (χ0v) is 14.3. The quantitative estimate of drug-likeness (QED) is 0.916. The summed E-state index contributed by atoms with van der Waals surface area (Å²) in [6, 6.07) is 9.40. The molecule has 1 fully saturated rings. The topological polar surface area (TPSA) is 66.3 Å². The van der Waals surface area contributed by atoms with Gasteiger partial charge < -0.3 is 10.0 Å². The molecule has 1 unspecified atom stereocenters. The van der Waals surface area contributed by atoms with Gasteiger partial charge in [-0.05, 0) is 43.5 Å². The molecule has 1 saturated heterocycles. The van der Waals surface area contributed by atoms with Crippen LogP contribution in [0.3, 0.4) is 0 Å². The molecule has 0 aliphatic carbocycles. The smallest absolute Gasteiger partial charge is 0.308 e. The van der Waals surface area contributed by atoms with Crippen molar-refractivity contribution >= 4 is 23.4 Å². The van der Waals surface area contributed by atoms with E-state index in [2.05, 4.69) is 14.9 Å². The lowest BCUT2D eigenvalue weighted by molar-refractivity contribution is -0.141. The first-order valence-electron chi connectivity index (χ1n) is 8.18. The van der Waals surface area contributed by atoms with E-state index >= 15 is 0 Å². The number of carboxylic acids is 1. The lowest BCUT2D eigenvalue weighted by Gasteiger charge is -2.32. The van der Waals surface area contributed by atoms with Crippen LogP contribution in [0, 0.1) is 5.92 Å². The van der Waals surface area contributed by atoms with Crippen molar-refractivity contribution in [3.05, 3.63) is 41.0 Å². The van der Waals surface area contributed by atoms with Gasteiger partial charge >= 0.3 is 5.97 Å². The second kappa shape index (κ2) is 7.18. The van der Waals surface area contributed by atoms with Gasteiger partial charge in [-0.25, -0.2) is 9.97 Å². The number of aliphatic carboxylic acids is 1. The Morgan fingerprint density at radius 3 is 2.75 bits per heavy atom. The molecular weight excluding hydrogens is 326 g/mol. The summed E-state index contributed by atoms with van der Waals surface area (Å²) in [6.45, 7) is 3.37. The second-order valence-electron chi connectivity index (χ2n) is 6.02. The maximum atomic E-state index is 11.3. The fourth-order valence-corrected chi connectivity index (χ4v) is 3.07. The Balaban J connectivity index is 1.94. The van der Waals surface area contributed by atoms with Crippen LogP contribution in [0.4, 0.5) is 5.82 Å². The zero-order valence-electron chi connectivity index (χ0n) is 13.6. The molecule has 24 heavy (non-hydrogen) atoms. The minimum atomic E-state index is -0.734. The van der Waals surface area contributed by atoms with Gasteiger partial charge in [0, 0.05) is 35.4 Å². The third-order valence-electron chi connectivity index (χ3n) is 4.32. The van der Waals surface area contributed by atoms with Crippen LogP contribution in [0.1, 0.15) is 25.5 Å². The summed E-state index contributed by atoms with van der Waals surface area (Å²) < 4.78 is 0. The predicted octanol–water partition coefficient (Wildman–Crippen LogP) is 3.66. The van der Waals surface area contributed by atoms with Gasteiger partial charge in [0.25, 0.3) is 0 Å². The van der Waals surface area contributed by atoms with E-state index in [-0.39, 0.29) is 5.92 Å². The molecule has 0 radical (unpaired) electrons. The Labute approximate surface area is 146 Å². The summed E-state index contributed by atoms with van der Waals surface area (Å²) in [7, 11) is 0. The fraction of sp³-hybridized carbons (Fsp3) is 0.389. The number of halogens is 1. The van der Waals surface area contributed by atoms with Crippen molar-refractivity contribution in [2.24, 2.45) is 5.92 Å². The Kier molecular flexibility index (Phi) is 5.00. The third kappa shape index (κ3) is 3.67. The van der Waals surface area contributed by atoms with E-state index in [1.807, 2.05) is 37.3 Å². The number of aromatic nitrogens is 2. The molecule has 1 N–H and O–H groups in total. The summed E-state index contributed by atoms with van der Waals surface area (Å²) in [5, 5.41) is 9.96. The summed E-state index contributed by atoms with van der Waals surface area (Å²) in [4.78, 5) is 22.6. The van der Waals surface area contributed by atoms with Crippen LogP contribution in [-0.4, -0.2) is 34.1 Å². The molecule has 2 heterocycles. The van der Waals surface area contributed by atoms with Crippen LogP contribution in [0.15, 0.2) is 30.3 Å². The first kappa shape index (κ1) is 16.7. The van der Waals surface area contributed by atoms with Gasteiger partial charge in [-0.1, -0.05) is 18.5 Å². The molecule has 6 heteroatoms. The van der Waals surface area contributed by atoms with Crippen molar-refractivity contribution < 1.29 is 9.90 Å². The van der Waals surface area contributed by atoms with Crippen molar-refractivity contribution in [2.75, 3.05) is 18.0 Å². The Hall–Kier alpha value is -2.14. The number of carboxylic acid groups (broad SMARTS) is 1. The molecule has 1 aromatic heterocycles. The largest absolute Gasteiger partial charge is 0.481 e. The van der Waals surface area contributed by atoms with Crippen molar-refractivity contribution in [3.8, 4) is 11.4 Å². The molecule has 0 spiro atoms. The van der Waals surface area contributed by atoms with Crippen molar-refractivity contribution in [1.82, 2.24) is 9.97 Å². The van der Waals surface area contributed by atoms with Crippen molar-refractivity contribution in [1.29, 1.82) is 0 Å². The monoisotopic (exact) mass is 345 g/mol. The van der Waals surface area contributed by atoms with Crippen LogP contribution in [-0.2, 0) is 11.2 Å². The summed E-state index contributed by atoms with van der Waals surface area (Å²) >= 11 is 5.95. The van der Waals surface area contributed by atoms with Gasteiger partial charge in [-0.2, -0.15) is 0 Å². The highest BCUT2D eigenvalue weighted by Crippen LogP contribution is 2.26. The summed E-state index contributed by atoms with van der Waals surface area (Å²) in [5.41, 5.74) is 1.85. The normalized spacial score (nSPS) is 17.8. The Bertz CT molecular complexity index is 734. The number of aryl methyl sites for hydroxylation is 1. The molecule has 1 atom stereocenters. The van der Waals surface area contributed by atoms with E-state index in [9.17, 15) is 9.90 Å². The second-order valence-corrected chi connectivity index (χ2v) is 6.46. The molecule has 0 amide bonds. The summed E-state index contributed by atoms with van der Waals surface area (Å²) in [6.07, 6.45) is 2.38. The predicted molar refractivity (Wildman–Crippen MR) is 94.4 cm³/mol. The minimum absolute atomic E-state index is 0.335. The third-order valence-corrected chi connectivity index (χ3v) is 4.58. The van der Waals surface area contributed by atoms with Crippen LogP contribution in [0.25, 0.3) is 11.4 Å². The van der Waals surface area contributed by atoms with Crippen molar-refractivity contribution in [2.45, 2.75) is 26.2 Å². The van der Waals surface area contributed by atoms with Gasteiger partial charge in [-0.3, -0.25) is 4.79 Å².